The molecule has 46 heavy (non-hydrogen) atoms. The number of ether oxygens (including phenoxy) is 1. The van der Waals surface area contributed by atoms with E-state index in [1.54, 1.807) is 30.9 Å². The fourth-order valence-corrected chi connectivity index (χ4v) is 6.06. The molecule has 13 nitrogen and oxygen atoms in total. The minimum absolute atomic E-state index is 0.0144. The highest BCUT2D eigenvalue weighted by Gasteiger charge is 2.28. The Balaban J connectivity index is 1.49. The maximum Gasteiger partial charge on any atom is 0.335 e. The van der Waals surface area contributed by atoms with Crippen molar-refractivity contribution >= 4 is 46.3 Å². The predicted octanol–water partition coefficient (Wildman–Crippen LogP) is 3.97. The van der Waals surface area contributed by atoms with Crippen molar-refractivity contribution in [3.8, 4) is 17.3 Å². The van der Waals surface area contributed by atoms with Crippen molar-refractivity contribution in [3.63, 3.8) is 0 Å². The average molecular weight is 657 g/mol. The number of morpholine rings is 1. The van der Waals surface area contributed by atoms with Crippen molar-refractivity contribution in [2.45, 2.75) is 13.1 Å². The second-order valence-electron chi connectivity index (χ2n) is 10.2. The number of carbonyl (C=O) groups is 2. The number of hydrogen-bond acceptors (Lipinski definition) is 11. The summed E-state index contributed by atoms with van der Waals surface area (Å²) in [6, 6.07) is 12.6. The standard InChI is InChI=1S/C31H25ClN8O5S/c32-26-6-5-22(46-26)16-36-29-24(14-33)28(37-40(29)30(42)19-1-3-20(4-2-19)31(43)44)23-13-27(41)39(17-21-15-34-7-8-35-21)18-25(23)38-9-11-45-12-10-38/h1-8,13,15,18,36H,9-12,16-17H2,(H,43,44). The molecular weight excluding hydrogens is 632 g/mol. The first-order valence-corrected chi connectivity index (χ1v) is 15.2. The van der Waals surface area contributed by atoms with Crippen molar-refractivity contribution in [1.29, 1.82) is 5.26 Å². The zero-order valence-corrected chi connectivity index (χ0v) is 25.7. The van der Waals surface area contributed by atoms with E-state index in [1.165, 1.54) is 46.2 Å². The van der Waals surface area contributed by atoms with Crippen LogP contribution >= 0.6 is 22.9 Å². The van der Waals surface area contributed by atoms with E-state index < -0.39 is 11.9 Å². The normalized spacial score (nSPS) is 12.9. The summed E-state index contributed by atoms with van der Waals surface area (Å²) in [5.74, 6) is -1.62. The van der Waals surface area contributed by atoms with Gasteiger partial charge in [0, 0.05) is 53.8 Å². The number of hydrogen-bond donors (Lipinski definition) is 2. The van der Waals surface area contributed by atoms with Crippen LogP contribution in [0.25, 0.3) is 11.3 Å². The number of anilines is 2. The molecule has 0 bridgehead atoms. The summed E-state index contributed by atoms with van der Waals surface area (Å²) in [6.07, 6.45) is 6.38. The molecule has 0 aliphatic carbocycles. The molecule has 2 N–H and O–H groups in total. The molecule has 1 fully saturated rings. The maximum absolute atomic E-state index is 13.9. The van der Waals surface area contributed by atoms with Gasteiger partial charge in [0.2, 0.25) is 0 Å². The summed E-state index contributed by atoms with van der Waals surface area (Å²) in [4.78, 5) is 50.0. The lowest BCUT2D eigenvalue weighted by Crippen LogP contribution is -2.37. The maximum atomic E-state index is 13.9. The van der Waals surface area contributed by atoms with Crippen LogP contribution < -0.4 is 15.8 Å². The second kappa shape index (κ2) is 13.3. The van der Waals surface area contributed by atoms with Crippen LogP contribution in [0.4, 0.5) is 11.5 Å². The van der Waals surface area contributed by atoms with Gasteiger partial charge in [0.1, 0.15) is 17.3 Å². The van der Waals surface area contributed by atoms with Crippen LogP contribution in [0.15, 0.2) is 72.0 Å². The van der Waals surface area contributed by atoms with E-state index in [9.17, 15) is 24.8 Å². The number of carbonyl (C=O) groups excluding carboxylic acids is 1. The Hall–Kier alpha value is -5.36. The van der Waals surface area contributed by atoms with E-state index in [0.717, 1.165) is 9.56 Å². The summed E-state index contributed by atoms with van der Waals surface area (Å²) in [5.41, 5.74) is 1.57. The Morgan fingerprint density at radius 1 is 1.11 bits per heavy atom. The molecule has 0 atom stereocenters. The van der Waals surface area contributed by atoms with Gasteiger partial charge in [0.05, 0.1) is 53.8 Å². The first-order valence-electron chi connectivity index (χ1n) is 14.0. The molecule has 15 heteroatoms. The van der Waals surface area contributed by atoms with Gasteiger partial charge in [0.25, 0.3) is 11.5 Å². The SMILES string of the molecule is N#Cc1c(-c2cc(=O)n(Cc3cnccn3)cc2N2CCOCC2)nn(C(=O)c2ccc(C(=O)O)cc2)c1NCc1ccc(Cl)s1. The number of rotatable bonds is 9. The van der Waals surface area contributed by atoms with Crippen molar-refractivity contribution < 1.29 is 19.4 Å². The van der Waals surface area contributed by atoms with Gasteiger partial charge in [-0.2, -0.15) is 15.0 Å². The van der Waals surface area contributed by atoms with Gasteiger partial charge >= 0.3 is 5.97 Å². The first-order chi connectivity index (χ1) is 22.3. The number of pyridine rings is 1. The van der Waals surface area contributed by atoms with Crippen molar-refractivity contribution in [1.82, 2.24) is 24.3 Å². The number of carboxylic acid groups (broad SMARTS) is 1. The molecule has 5 heterocycles. The molecular formula is C31H25ClN8O5S. The summed E-state index contributed by atoms with van der Waals surface area (Å²) in [7, 11) is 0. The molecule has 1 aliphatic rings. The van der Waals surface area contributed by atoms with Crippen LogP contribution in [0, 0.1) is 11.3 Å². The van der Waals surface area contributed by atoms with Gasteiger partial charge in [-0.05, 0) is 36.4 Å². The highest BCUT2D eigenvalue weighted by atomic mass is 35.5. The summed E-state index contributed by atoms with van der Waals surface area (Å²) >= 11 is 7.47. The minimum Gasteiger partial charge on any atom is -0.478 e. The number of aromatic nitrogens is 5. The van der Waals surface area contributed by atoms with Crippen LogP contribution in [0.3, 0.4) is 0 Å². The van der Waals surface area contributed by atoms with Crippen LogP contribution in [-0.2, 0) is 17.8 Å². The van der Waals surface area contributed by atoms with Crippen molar-refractivity contribution in [3.05, 3.63) is 109 Å². The van der Waals surface area contributed by atoms with E-state index >= 15 is 0 Å². The van der Waals surface area contributed by atoms with E-state index in [4.69, 9.17) is 16.3 Å². The fourth-order valence-electron chi connectivity index (χ4n) is 5.03. The van der Waals surface area contributed by atoms with Crippen LogP contribution in [-0.4, -0.2) is 67.6 Å². The van der Waals surface area contributed by atoms with Gasteiger partial charge in [-0.1, -0.05) is 11.6 Å². The molecule has 5 aromatic rings. The Morgan fingerprint density at radius 2 is 1.87 bits per heavy atom. The average Bonchev–Trinajstić information content (AvgIpc) is 3.67. The van der Waals surface area contributed by atoms with Gasteiger partial charge in [-0.25, -0.2) is 4.79 Å². The van der Waals surface area contributed by atoms with E-state index in [-0.39, 0.29) is 46.9 Å². The number of carboxylic acids is 1. The highest BCUT2D eigenvalue weighted by Crippen LogP contribution is 2.36. The highest BCUT2D eigenvalue weighted by molar-refractivity contribution is 7.16. The molecule has 232 valence electrons. The lowest BCUT2D eigenvalue weighted by molar-refractivity contribution is 0.0696. The molecule has 1 aromatic carbocycles. The Kier molecular flexibility index (Phi) is 8.88. The smallest absolute Gasteiger partial charge is 0.335 e. The van der Waals surface area contributed by atoms with E-state index in [2.05, 4.69) is 26.5 Å². The van der Waals surface area contributed by atoms with Crippen LogP contribution in [0.2, 0.25) is 4.34 Å². The third-order valence-corrected chi connectivity index (χ3v) is 8.52. The lowest BCUT2D eigenvalue weighted by Gasteiger charge is -2.30. The number of nitrogens with zero attached hydrogens (tertiary/aromatic N) is 7. The van der Waals surface area contributed by atoms with Gasteiger partial charge < -0.3 is 24.6 Å². The lowest BCUT2D eigenvalue weighted by atomic mass is 10.1. The van der Waals surface area contributed by atoms with Crippen LogP contribution in [0.5, 0.6) is 0 Å². The Bertz CT molecular complexity index is 2010. The third kappa shape index (κ3) is 6.38. The molecule has 0 unspecified atom stereocenters. The monoisotopic (exact) mass is 656 g/mol. The van der Waals surface area contributed by atoms with Crippen molar-refractivity contribution in [2.24, 2.45) is 0 Å². The number of thiophene rings is 1. The quantitative estimate of drug-likeness (QED) is 0.235. The summed E-state index contributed by atoms with van der Waals surface area (Å²) in [6.45, 7) is 2.38. The molecule has 1 aliphatic heterocycles. The van der Waals surface area contributed by atoms with Gasteiger partial charge in [0.15, 0.2) is 5.82 Å². The Morgan fingerprint density at radius 3 is 2.52 bits per heavy atom. The zero-order chi connectivity index (χ0) is 32.2. The number of aromatic carboxylic acids is 1. The molecule has 0 spiro atoms. The number of halogens is 1. The molecule has 0 saturated carbocycles. The van der Waals surface area contributed by atoms with E-state index in [0.29, 0.717) is 47.6 Å². The topological polar surface area (TPSA) is 168 Å². The van der Waals surface area contributed by atoms with Crippen LogP contribution in [0.1, 0.15) is 36.9 Å². The van der Waals surface area contributed by atoms with Gasteiger partial charge in [-0.3, -0.25) is 19.6 Å². The van der Waals surface area contributed by atoms with Gasteiger partial charge in [-0.15, -0.1) is 11.3 Å². The van der Waals surface area contributed by atoms with Crippen molar-refractivity contribution in [2.75, 3.05) is 36.5 Å². The predicted molar refractivity (Wildman–Crippen MR) is 171 cm³/mol. The minimum atomic E-state index is -1.13. The Labute approximate surface area is 270 Å². The summed E-state index contributed by atoms with van der Waals surface area (Å²) in [5, 5.41) is 27.6. The fraction of sp³-hybridized carbons (Fsp3) is 0.194. The van der Waals surface area contributed by atoms with E-state index in [1.807, 2.05) is 11.0 Å². The first kappa shape index (κ1) is 30.7. The zero-order valence-electron chi connectivity index (χ0n) is 24.1. The third-order valence-electron chi connectivity index (χ3n) is 7.29. The second-order valence-corrected chi connectivity index (χ2v) is 12.0. The number of benzene rings is 1. The number of nitrogens with one attached hydrogen (secondary N) is 1. The molecule has 1 saturated heterocycles. The largest absolute Gasteiger partial charge is 0.478 e. The molecule has 0 radical (unpaired) electrons. The molecule has 4 aromatic heterocycles. The summed E-state index contributed by atoms with van der Waals surface area (Å²) < 4.78 is 8.73. The molecule has 0 amide bonds. The molecule has 6 rings (SSSR count). The number of nitriles is 1.